The van der Waals surface area contributed by atoms with Crippen LogP contribution in [0.5, 0.6) is 0 Å². The Morgan fingerprint density at radius 2 is 2.13 bits per heavy atom. The molecule has 1 atom stereocenters. The zero-order chi connectivity index (χ0) is 11.0. The van der Waals surface area contributed by atoms with Gasteiger partial charge in [-0.15, -0.1) is 0 Å². The summed E-state index contributed by atoms with van der Waals surface area (Å²) in [5.41, 5.74) is 7.19. The average Bonchev–Trinajstić information content (AvgIpc) is 2.96. The summed E-state index contributed by atoms with van der Waals surface area (Å²) in [6.07, 6.45) is 2.57. The Morgan fingerprint density at radius 1 is 1.47 bits per heavy atom. The van der Waals surface area contributed by atoms with E-state index in [1.165, 1.54) is 12.8 Å². The molecule has 82 valence electrons. The standard InChI is InChI=1S/C10H15ClN4/c1-5(7-3-4-7)13-9-8(12)6(2)14-10(11)15-9/h5,7H,3-4,12H2,1-2H3,(H,13,14,15)/t5-/m0/s1. The summed E-state index contributed by atoms with van der Waals surface area (Å²) >= 11 is 5.78. The van der Waals surface area contributed by atoms with Crippen molar-refractivity contribution in [1.82, 2.24) is 9.97 Å². The lowest BCUT2D eigenvalue weighted by molar-refractivity contribution is 0.690. The van der Waals surface area contributed by atoms with E-state index in [0.29, 0.717) is 17.5 Å². The molecule has 1 fully saturated rings. The Balaban J connectivity index is 2.19. The third-order valence-corrected chi connectivity index (χ3v) is 2.97. The SMILES string of the molecule is Cc1nc(Cl)nc(N[C@@H](C)C2CC2)c1N. The van der Waals surface area contributed by atoms with Crippen LogP contribution in [0.4, 0.5) is 11.5 Å². The summed E-state index contributed by atoms with van der Waals surface area (Å²) in [5, 5.41) is 3.54. The number of nitrogens with zero attached hydrogens (tertiary/aromatic N) is 2. The van der Waals surface area contributed by atoms with Crippen LogP contribution in [-0.2, 0) is 0 Å². The fourth-order valence-corrected chi connectivity index (χ4v) is 1.80. The van der Waals surface area contributed by atoms with E-state index in [4.69, 9.17) is 17.3 Å². The normalized spacial score (nSPS) is 17.5. The topological polar surface area (TPSA) is 63.8 Å². The summed E-state index contributed by atoms with van der Waals surface area (Å²) in [6, 6.07) is 0.401. The molecule has 0 aliphatic heterocycles. The van der Waals surface area contributed by atoms with Crippen molar-refractivity contribution in [1.29, 1.82) is 0 Å². The number of nitrogen functional groups attached to an aromatic ring is 1. The Labute approximate surface area is 94.2 Å². The highest BCUT2D eigenvalue weighted by Gasteiger charge is 2.28. The van der Waals surface area contributed by atoms with E-state index < -0.39 is 0 Å². The van der Waals surface area contributed by atoms with Gasteiger partial charge >= 0.3 is 0 Å². The first-order chi connectivity index (χ1) is 7.08. The predicted molar refractivity (Wildman–Crippen MR) is 62.0 cm³/mol. The van der Waals surface area contributed by atoms with Crippen molar-refractivity contribution in [3.05, 3.63) is 11.0 Å². The number of anilines is 2. The molecule has 0 amide bonds. The third kappa shape index (κ3) is 2.31. The van der Waals surface area contributed by atoms with Crippen molar-refractivity contribution in [2.24, 2.45) is 5.92 Å². The number of aromatic nitrogens is 2. The van der Waals surface area contributed by atoms with Gasteiger partial charge in [0.25, 0.3) is 0 Å². The van der Waals surface area contributed by atoms with Gasteiger partial charge in [-0.3, -0.25) is 0 Å². The largest absolute Gasteiger partial charge is 0.394 e. The molecule has 3 N–H and O–H groups in total. The zero-order valence-electron chi connectivity index (χ0n) is 8.92. The molecular weight excluding hydrogens is 212 g/mol. The van der Waals surface area contributed by atoms with Gasteiger partial charge in [0.05, 0.1) is 11.4 Å². The molecule has 5 heteroatoms. The maximum Gasteiger partial charge on any atom is 0.224 e. The molecule has 1 heterocycles. The van der Waals surface area contributed by atoms with E-state index in [0.717, 1.165) is 11.6 Å². The highest BCUT2D eigenvalue weighted by atomic mass is 35.5. The molecule has 0 saturated heterocycles. The fourth-order valence-electron chi connectivity index (χ4n) is 1.59. The second-order valence-corrected chi connectivity index (χ2v) is 4.45. The van der Waals surface area contributed by atoms with E-state index in [1.54, 1.807) is 0 Å². The second kappa shape index (κ2) is 3.85. The van der Waals surface area contributed by atoms with Gasteiger partial charge in [0, 0.05) is 6.04 Å². The summed E-state index contributed by atoms with van der Waals surface area (Å²) in [5.74, 6) is 1.41. The molecule has 0 spiro atoms. The summed E-state index contributed by atoms with van der Waals surface area (Å²) in [6.45, 7) is 3.97. The van der Waals surface area contributed by atoms with Gasteiger partial charge in [-0.25, -0.2) is 4.98 Å². The molecule has 0 radical (unpaired) electrons. The number of halogens is 1. The molecular formula is C10H15ClN4. The van der Waals surface area contributed by atoms with Crippen molar-refractivity contribution in [3.63, 3.8) is 0 Å². The van der Waals surface area contributed by atoms with Gasteiger partial charge in [-0.05, 0) is 44.2 Å². The first-order valence-electron chi connectivity index (χ1n) is 5.14. The minimum atomic E-state index is 0.243. The maximum absolute atomic E-state index is 5.87. The minimum Gasteiger partial charge on any atom is -0.394 e. The smallest absolute Gasteiger partial charge is 0.224 e. The van der Waals surface area contributed by atoms with Crippen LogP contribution in [-0.4, -0.2) is 16.0 Å². The van der Waals surface area contributed by atoms with Crippen LogP contribution in [0.25, 0.3) is 0 Å². The molecule has 0 aromatic carbocycles. The third-order valence-electron chi connectivity index (χ3n) is 2.80. The molecule has 1 aromatic heterocycles. The van der Waals surface area contributed by atoms with E-state index in [9.17, 15) is 0 Å². The first-order valence-corrected chi connectivity index (χ1v) is 5.52. The van der Waals surface area contributed by atoms with Crippen molar-refractivity contribution in [3.8, 4) is 0 Å². The lowest BCUT2D eigenvalue weighted by Gasteiger charge is -2.15. The molecule has 1 saturated carbocycles. The van der Waals surface area contributed by atoms with Crippen LogP contribution in [0.3, 0.4) is 0 Å². The summed E-state index contributed by atoms with van der Waals surface area (Å²) in [4.78, 5) is 8.09. The van der Waals surface area contributed by atoms with Gasteiger partial charge in [0.15, 0.2) is 5.82 Å². The molecule has 4 nitrogen and oxygen atoms in total. The van der Waals surface area contributed by atoms with Gasteiger partial charge < -0.3 is 11.1 Å². The fraction of sp³-hybridized carbons (Fsp3) is 0.600. The average molecular weight is 227 g/mol. The van der Waals surface area contributed by atoms with Crippen LogP contribution in [0.15, 0.2) is 0 Å². The van der Waals surface area contributed by atoms with Crippen LogP contribution in [0.2, 0.25) is 5.28 Å². The lowest BCUT2D eigenvalue weighted by Crippen LogP contribution is -2.19. The van der Waals surface area contributed by atoms with Gasteiger partial charge in [-0.1, -0.05) is 0 Å². The molecule has 2 rings (SSSR count). The molecule has 0 bridgehead atoms. The first kappa shape index (κ1) is 10.5. The van der Waals surface area contributed by atoms with Crippen LogP contribution >= 0.6 is 11.6 Å². The number of nitrogens with one attached hydrogen (secondary N) is 1. The summed E-state index contributed by atoms with van der Waals surface area (Å²) in [7, 11) is 0. The molecule has 1 aliphatic carbocycles. The van der Waals surface area contributed by atoms with Crippen LogP contribution in [0, 0.1) is 12.8 Å². The number of aryl methyl sites for hydroxylation is 1. The number of hydrogen-bond donors (Lipinski definition) is 2. The van der Waals surface area contributed by atoms with Gasteiger partial charge in [0.1, 0.15) is 0 Å². The van der Waals surface area contributed by atoms with Crippen molar-refractivity contribution >= 4 is 23.1 Å². The van der Waals surface area contributed by atoms with Crippen LogP contribution < -0.4 is 11.1 Å². The zero-order valence-corrected chi connectivity index (χ0v) is 9.67. The predicted octanol–water partition coefficient (Wildman–Crippen LogP) is 2.23. The Morgan fingerprint density at radius 3 is 2.73 bits per heavy atom. The highest BCUT2D eigenvalue weighted by molar-refractivity contribution is 6.28. The monoisotopic (exact) mass is 226 g/mol. The van der Waals surface area contributed by atoms with E-state index in [1.807, 2.05) is 6.92 Å². The van der Waals surface area contributed by atoms with E-state index >= 15 is 0 Å². The Hall–Kier alpha value is -1.03. The summed E-state index contributed by atoms with van der Waals surface area (Å²) < 4.78 is 0. The number of rotatable bonds is 3. The van der Waals surface area contributed by atoms with Crippen LogP contribution in [0.1, 0.15) is 25.5 Å². The highest BCUT2D eigenvalue weighted by Crippen LogP contribution is 2.34. The Bertz CT molecular complexity index is 376. The molecule has 0 unspecified atom stereocenters. The van der Waals surface area contributed by atoms with Crippen molar-refractivity contribution in [2.45, 2.75) is 32.7 Å². The molecule has 15 heavy (non-hydrogen) atoms. The minimum absolute atomic E-state index is 0.243. The maximum atomic E-state index is 5.87. The van der Waals surface area contributed by atoms with Gasteiger partial charge in [-0.2, -0.15) is 4.98 Å². The van der Waals surface area contributed by atoms with Gasteiger partial charge in [0.2, 0.25) is 5.28 Å². The molecule has 1 aliphatic rings. The quantitative estimate of drug-likeness (QED) is 0.776. The Kier molecular flexibility index (Phi) is 2.69. The van der Waals surface area contributed by atoms with Crippen molar-refractivity contribution in [2.75, 3.05) is 11.1 Å². The molecule has 1 aromatic rings. The van der Waals surface area contributed by atoms with Crippen molar-refractivity contribution < 1.29 is 0 Å². The second-order valence-electron chi connectivity index (χ2n) is 4.11. The number of nitrogens with two attached hydrogens (primary N) is 1. The lowest BCUT2D eigenvalue weighted by atomic mass is 10.2. The van der Waals surface area contributed by atoms with E-state index in [2.05, 4.69) is 22.2 Å². The number of hydrogen-bond acceptors (Lipinski definition) is 4. The van der Waals surface area contributed by atoms with E-state index in [-0.39, 0.29) is 5.28 Å².